The molecule has 1 aromatic heterocycles. The maximum atomic E-state index is 13.0. The fourth-order valence-corrected chi connectivity index (χ4v) is 2.83. The monoisotopic (exact) mass is 342 g/mol. The van der Waals surface area contributed by atoms with Gasteiger partial charge in [0.1, 0.15) is 5.82 Å². The average molecular weight is 343 g/mol. The first-order chi connectivity index (χ1) is 10.9. The average Bonchev–Trinajstić information content (AvgIpc) is 2.71. The van der Waals surface area contributed by atoms with Gasteiger partial charge in [-0.1, -0.05) is 11.6 Å². The second-order valence-corrected chi connectivity index (χ2v) is 5.74. The van der Waals surface area contributed by atoms with E-state index in [0.29, 0.717) is 17.9 Å². The number of hydrogen-bond donors (Lipinski definition) is 2. The lowest BCUT2D eigenvalue weighted by molar-refractivity contribution is -0.137. The summed E-state index contributed by atoms with van der Waals surface area (Å²) >= 11 is 6.13. The Hall–Kier alpha value is -2.02. The summed E-state index contributed by atoms with van der Waals surface area (Å²) in [6.45, 7) is 0.735. The van der Waals surface area contributed by atoms with Crippen molar-refractivity contribution in [2.45, 2.75) is 25.4 Å². The Morgan fingerprint density at radius 2 is 1.96 bits per heavy atom. The van der Waals surface area contributed by atoms with Gasteiger partial charge in [0.15, 0.2) is 0 Å². The SMILES string of the molecule is Nc1nc2c(c(-c3cc(C(F)(F)F)ccc3Cl)n1)CCCCN2. The van der Waals surface area contributed by atoms with Crippen LogP contribution >= 0.6 is 11.6 Å². The molecule has 122 valence electrons. The molecule has 0 saturated heterocycles. The molecule has 0 atom stereocenters. The quantitative estimate of drug-likeness (QED) is 0.817. The van der Waals surface area contributed by atoms with Crippen LogP contribution in [0.2, 0.25) is 5.02 Å². The van der Waals surface area contributed by atoms with Gasteiger partial charge >= 0.3 is 6.18 Å². The molecule has 2 heterocycles. The van der Waals surface area contributed by atoms with E-state index in [-0.39, 0.29) is 16.5 Å². The zero-order valence-electron chi connectivity index (χ0n) is 12.0. The van der Waals surface area contributed by atoms with Gasteiger partial charge in [0, 0.05) is 17.7 Å². The summed E-state index contributed by atoms with van der Waals surface area (Å²) < 4.78 is 39.0. The van der Waals surface area contributed by atoms with Crippen molar-refractivity contribution in [1.82, 2.24) is 9.97 Å². The van der Waals surface area contributed by atoms with E-state index in [0.717, 1.165) is 37.1 Å². The molecule has 0 amide bonds. The highest BCUT2D eigenvalue weighted by atomic mass is 35.5. The van der Waals surface area contributed by atoms with Crippen LogP contribution in [0.4, 0.5) is 24.9 Å². The summed E-state index contributed by atoms with van der Waals surface area (Å²) in [6, 6.07) is 3.19. The minimum absolute atomic E-state index is 0.00151. The molecule has 0 bridgehead atoms. The number of aromatic nitrogens is 2. The molecule has 3 rings (SSSR count). The van der Waals surface area contributed by atoms with E-state index in [1.807, 2.05) is 0 Å². The third-order valence-corrected chi connectivity index (χ3v) is 4.05. The first kappa shape index (κ1) is 15.9. The minimum Gasteiger partial charge on any atom is -0.370 e. The van der Waals surface area contributed by atoms with E-state index in [9.17, 15) is 13.2 Å². The molecule has 1 aliphatic heterocycles. The number of fused-ring (bicyclic) bond motifs is 1. The summed E-state index contributed by atoms with van der Waals surface area (Å²) in [5, 5.41) is 3.34. The Bertz CT molecular complexity index is 746. The van der Waals surface area contributed by atoms with E-state index in [1.165, 1.54) is 6.07 Å². The summed E-state index contributed by atoms with van der Waals surface area (Å²) in [5.41, 5.74) is 6.27. The molecule has 0 saturated carbocycles. The van der Waals surface area contributed by atoms with Crippen LogP contribution in [0.3, 0.4) is 0 Å². The highest BCUT2D eigenvalue weighted by molar-refractivity contribution is 6.33. The van der Waals surface area contributed by atoms with E-state index < -0.39 is 11.7 Å². The molecule has 0 fully saturated rings. The molecule has 23 heavy (non-hydrogen) atoms. The number of benzene rings is 1. The molecule has 0 radical (unpaired) electrons. The Morgan fingerprint density at radius 1 is 1.17 bits per heavy atom. The number of rotatable bonds is 1. The van der Waals surface area contributed by atoms with Crippen molar-refractivity contribution in [1.29, 1.82) is 0 Å². The third-order valence-electron chi connectivity index (χ3n) is 3.72. The lowest BCUT2D eigenvalue weighted by Gasteiger charge is -2.15. The van der Waals surface area contributed by atoms with Crippen LogP contribution in [0, 0.1) is 0 Å². The highest BCUT2D eigenvalue weighted by Crippen LogP contribution is 2.38. The smallest absolute Gasteiger partial charge is 0.370 e. The number of alkyl halides is 3. The molecule has 2 aromatic rings. The van der Waals surface area contributed by atoms with E-state index in [4.69, 9.17) is 17.3 Å². The number of anilines is 2. The Morgan fingerprint density at radius 3 is 2.70 bits per heavy atom. The summed E-state index contributed by atoms with van der Waals surface area (Å²) in [5.74, 6) is 0.570. The Balaban J connectivity index is 2.21. The van der Waals surface area contributed by atoms with Crippen LogP contribution in [0.1, 0.15) is 24.0 Å². The lowest BCUT2D eigenvalue weighted by atomic mass is 10.0. The Labute approximate surface area is 135 Å². The normalized spacial score (nSPS) is 14.8. The lowest BCUT2D eigenvalue weighted by Crippen LogP contribution is -2.09. The van der Waals surface area contributed by atoms with E-state index in [1.54, 1.807) is 0 Å². The highest BCUT2D eigenvalue weighted by Gasteiger charge is 2.31. The topological polar surface area (TPSA) is 63.8 Å². The fourth-order valence-electron chi connectivity index (χ4n) is 2.62. The van der Waals surface area contributed by atoms with E-state index in [2.05, 4.69) is 15.3 Å². The van der Waals surface area contributed by atoms with Crippen molar-refractivity contribution >= 4 is 23.4 Å². The molecular weight excluding hydrogens is 329 g/mol. The van der Waals surface area contributed by atoms with Crippen LogP contribution in [0.25, 0.3) is 11.3 Å². The van der Waals surface area contributed by atoms with Crippen molar-refractivity contribution in [2.75, 3.05) is 17.6 Å². The maximum absolute atomic E-state index is 13.0. The molecule has 4 nitrogen and oxygen atoms in total. The van der Waals surface area contributed by atoms with Gasteiger partial charge in [-0.05, 0) is 37.5 Å². The zero-order chi connectivity index (χ0) is 16.6. The fraction of sp³-hybridized carbons (Fsp3) is 0.333. The molecule has 3 N–H and O–H groups in total. The van der Waals surface area contributed by atoms with Crippen molar-refractivity contribution in [3.8, 4) is 11.3 Å². The minimum atomic E-state index is -4.45. The number of hydrogen-bond acceptors (Lipinski definition) is 4. The summed E-state index contributed by atoms with van der Waals surface area (Å²) in [6.07, 6.45) is -1.97. The molecule has 8 heteroatoms. The number of nitrogen functional groups attached to an aromatic ring is 1. The standard InChI is InChI=1S/C15H14ClF3N4/c16-11-5-4-8(15(17,18)19)7-10(11)12-9-3-1-2-6-21-13(9)23-14(20)22-12/h4-5,7H,1-3,6H2,(H3,20,21,22,23). The first-order valence-corrected chi connectivity index (χ1v) is 7.51. The largest absolute Gasteiger partial charge is 0.416 e. The number of nitrogens with zero attached hydrogens (tertiary/aromatic N) is 2. The molecule has 1 aliphatic rings. The summed E-state index contributed by atoms with van der Waals surface area (Å²) in [4.78, 5) is 8.31. The Kier molecular flexibility index (Phi) is 4.06. The molecule has 0 unspecified atom stereocenters. The second kappa shape index (κ2) is 5.88. The van der Waals surface area contributed by atoms with Crippen molar-refractivity contribution < 1.29 is 13.2 Å². The first-order valence-electron chi connectivity index (χ1n) is 7.13. The van der Waals surface area contributed by atoms with Gasteiger partial charge in [0.25, 0.3) is 0 Å². The van der Waals surface area contributed by atoms with Crippen LogP contribution in [-0.2, 0) is 12.6 Å². The maximum Gasteiger partial charge on any atom is 0.416 e. The number of nitrogens with one attached hydrogen (secondary N) is 1. The van der Waals surface area contributed by atoms with Gasteiger partial charge in [-0.3, -0.25) is 0 Å². The van der Waals surface area contributed by atoms with Gasteiger partial charge in [-0.2, -0.15) is 18.2 Å². The third kappa shape index (κ3) is 3.19. The van der Waals surface area contributed by atoms with Gasteiger partial charge in [-0.25, -0.2) is 4.98 Å². The second-order valence-electron chi connectivity index (χ2n) is 5.33. The van der Waals surface area contributed by atoms with Crippen LogP contribution in [0.15, 0.2) is 18.2 Å². The van der Waals surface area contributed by atoms with Crippen molar-refractivity contribution in [3.05, 3.63) is 34.3 Å². The van der Waals surface area contributed by atoms with Gasteiger partial charge in [0.05, 0.1) is 16.3 Å². The van der Waals surface area contributed by atoms with Gasteiger partial charge < -0.3 is 11.1 Å². The number of nitrogens with two attached hydrogens (primary N) is 1. The van der Waals surface area contributed by atoms with Gasteiger partial charge in [-0.15, -0.1) is 0 Å². The predicted molar refractivity (Wildman–Crippen MR) is 83.3 cm³/mol. The predicted octanol–water partition coefficient (Wildman–Crippen LogP) is 4.15. The zero-order valence-corrected chi connectivity index (χ0v) is 12.8. The number of halogens is 4. The van der Waals surface area contributed by atoms with Gasteiger partial charge in [0.2, 0.25) is 5.95 Å². The molecule has 1 aromatic carbocycles. The van der Waals surface area contributed by atoms with Crippen LogP contribution in [-0.4, -0.2) is 16.5 Å². The molecular formula is C15H14ClF3N4. The van der Waals surface area contributed by atoms with E-state index >= 15 is 0 Å². The van der Waals surface area contributed by atoms with Crippen LogP contribution in [0.5, 0.6) is 0 Å². The van der Waals surface area contributed by atoms with Crippen molar-refractivity contribution in [2.24, 2.45) is 0 Å². The molecule has 0 spiro atoms. The molecule has 0 aliphatic carbocycles. The van der Waals surface area contributed by atoms with Crippen LogP contribution < -0.4 is 11.1 Å². The van der Waals surface area contributed by atoms with Crippen molar-refractivity contribution in [3.63, 3.8) is 0 Å². The summed E-state index contributed by atoms with van der Waals surface area (Å²) in [7, 11) is 0.